The molecule has 0 aliphatic carbocycles. The summed E-state index contributed by atoms with van der Waals surface area (Å²) in [5, 5.41) is 0.852. The van der Waals surface area contributed by atoms with E-state index in [4.69, 9.17) is 4.74 Å². The Bertz CT molecular complexity index is 864. The zero-order valence-corrected chi connectivity index (χ0v) is 15.9. The number of carbonyl (C=O) groups is 1. The third kappa shape index (κ3) is 4.45. The Kier molecular flexibility index (Phi) is 6.30. The molecule has 136 valence electrons. The molecular weight excluding hydrogens is 346 g/mol. The third-order valence-electron chi connectivity index (χ3n) is 4.15. The highest BCUT2D eigenvalue weighted by Gasteiger charge is 2.15. The molecule has 1 heterocycles. The van der Waals surface area contributed by atoms with Crippen LogP contribution in [0.2, 0.25) is 0 Å². The van der Waals surface area contributed by atoms with Gasteiger partial charge in [0.25, 0.3) is 0 Å². The second kappa shape index (κ2) is 8.87. The van der Waals surface area contributed by atoms with Gasteiger partial charge < -0.3 is 14.2 Å². The van der Waals surface area contributed by atoms with Gasteiger partial charge in [0.05, 0.1) is 23.4 Å². The highest BCUT2D eigenvalue weighted by atomic mass is 32.2. The van der Waals surface area contributed by atoms with Crippen molar-refractivity contribution in [2.75, 3.05) is 26.5 Å². The highest BCUT2D eigenvalue weighted by molar-refractivity contribution is 7.99. The van der Waals surface area contributed by atoms with Crippen LogP contribution in [-0.4, -0.2) is 46.9 Å². The minimum Gasteiger partial charge on any atom is -0.383 e. The van der Waals surface area contributed by atoms with Crippen LogP contribution in [-0.2, 0) is 22.6 Å². The van der Waals surface area contributed by atoms with E-state index in [-0.39, 0.29) is 5.91 Å². The van der Waals surface area contributed by atoms with Crippen molar-refractivity contribution in [2.45, 2.75) is 18.2 Å². The topological polar surface area (TPSA) is 47.4 Å². The average molecular weight is 369 g/mol. The number of benzene rings is 2. The molecule has 0 saturated heterocycles. The number of aromatic nitrogens is 2. The van der Waals surface area contributed by atoms with Crippen LogP contribution in [0.25, 0.3) is 11.0 Å². The second-order valence-electron chi connectivity index (χ2n) is 6.05. The summed E-state index contributed by atoms with van der Waals surface area (Å²) in [5.41, 5.74) is 3.13. The molecule has 0 spiro atoms. The lowest BCUT2D eigenvalue weighted by molar-refractivity contribution is -0.127. The summed E-state index contributed by atoms with van der Waals surface area (Å²) in [4.78, 5) is 18.9. The van der Waals surface area contributed by atoms with Crippen LogP contribution >= 0.6 is 11.8 Å². The molecule has 0 aliphatic rings. The molecule has 2 aromatic carbocycles. The number of methoxy groups -OCH3 is 1. The van der Waals surface area contributed by atoms with E-state index in [2.05, 4.69) is 9.55 Å². The van der Waals surface area contributed by atoms with Crippen LogP contribution in [0.15, 0.2) is 59.8 Å². The molecule has 6 heteroatoms. The van der Waals surface area contributed by atoms with E-state index in [0.29, 0.717) is 25.4 Å². The Morgan fingerprint density at radius 1 is 1.15 bits per heavy atom. The van der Waals surface area contributed by atoms with E-state index in [1.54, 1.807) is 12.0 Å². The van der Waals surface area contributed by atoms with E-state index >= 15 is 0 Å². The lowest BCUT2D eigenvalue weighted by Gasteiger charge is -2.17. The van der Waals surface area contributed by atoms with Gasteiger partial charge in [-0.25, -0.2) is 4.98 Å². The SMILES string of the molecule is COCCn1c(SCC(=O)N(C)Cc2ccccc2)nc2ccccc21. The fraction of sp³-hybridized carbons (Fsp3) is 0.300. The molecule has 3 rings (SSSR count). The van der Waals surface area contributed by atoms with Gasteiger partial charge in [-0.1, -0.05) is 54.2 Å². The van der Waals surface area contributed by atoms with Gasteiger partial charge in [-0.15, -0.1) is 0 Å². The number of rotatable bonds is 8. The second-order valence-corrected chi connectivity index (χ2v) is 6.99. The van der Waals surface area contributed by atoms with Crippen LogP contribution in [0, 0.1) is 0 Å². The molecule has 0 aliphatic heterocycles. The monoisotopic (exact) mass is 369 g/mol. The first-order valence-electron chi connectivity index (χ1n) is 8.54. The van der Waals surface area contributed by atoms with Gasteiger partial charge in [0.2, 0.25) is 5.91 Å². The standard InChI is InChI=1S/C20H23N3O2S/c1-22(14-16-8-4-3-5-9-16)19(24)15-26-20-21-17-10-6-7-11-18(17)23(20)12-13-25-2/h3-11H,12-15H2,1-2H3. The summed E-state index contributed by atoms with van der Waals surface area (Å²) in [6, 6.07) is 18.0. The highest BCUT2D eigenvalue weighted by Crippen LogP contribution is 2.24. The van der Waals surface area contributed by atoms with Crippen molar-refractivity contribution in [1.29, 1.82) is 0 Å². The van der Waals surface area contributed by atoms with Crippen molar-refractivity contribution in [3.63, 3.8) is 0 Å². The fourth-order valence-electron chi connectivity index (χ4n) is 2.74. The Morgan fingerprint density at radius 2 is 1.88 bits per heavy atom. The maximum Gasteiger partial charge on any atom is 0.233 e. The Balaban J connectivity index is 1.67. The van der Waals surface area contributed by atoms with E-state index in [1.165, 1.54) is 11.8 Å². The van der Waals surface area contributed by atoms with E-state index < -0.39 is 0 Å². The number of thioether (sulfide) groups is 1. The number of amides is 1. The van der Waals surface area contributed by atoms with Crippen LogP contribution < -0.4 is 0 Å². The van der Waals surface area contributed by atoms with Crippen molar-refractivity contribution in [3.05, 3.63) is 60.2 Å². The number of hydrogen-bond acceptors (Lipinski definition) is 4. The zero-order valence-electron chi connectivity index (χ0n) is 15.1. The Hall–Kier alpha value is -2.31. The fourth-order valence-corrected chi connectivity index (χ4v) is 3.73. The van der Waals surface area contributed by atoms with Crippen LogP contribution in [0.5, 0.6) is 0 Å². The predicted molar refractivity (Wildman–Crippen MR) is 105 cm³/mol. The third-order valence-corrected chi connectivity index (χ3v) is 5.11. The minimum atomic E-state index is 0.0872. The molecule has 0 atom stereocenters. The number of para-hydroxylation sites is 2. The van der Waals surface area contributed by atoms with E-state index in [1.807, 2.05) is 61.6 Å². The normalized spacial score (nSPS) is 11.0. The van der Waals surface area contributed by atoms with Gasteiger partial charge in [0, 0.05) is 27.2 Å². The van der Waals surface area contributed by atoms with Crippen molar-refractivity contribution >= 4 is 28.7 Å². The molecule has 0 N–H and O–H groups in total. The van der Waals surface area contributed by atoms with Gasteiger partial charge in [0.15, 0.2) is 5.16 Å². The quantitative estimate of drug-likeness (QED) is 0.571. The number of ether oxygens (including phenoxy) is 1. The first kappa shape index (κ1) is 18.5. The lowest BCUT2D eigenvalue weighted by atomic mass is 10.2. The molecule has 5 nitrogen and oxygen atoms in total. The van der Waals surface area contributed by atoms with Gasteiger partial charge in [0.1, 0.15) is 0 Å². The molecule has 0 radical (unpaired) electrons. The summed E-state index contributed by atoms with van der Waals surface area (Å²) >= 11 is 1.48. The molecule has 0 unspecified atom stereocenters. The molecule has 0 bridgehead atoms. The van der Waals surface area contributed by atoms with E-state index in [0.717, 1.165) is 21.8 Å². The Labute approximate surface area is 158 Å². The molecule has 1 aromatic heterocycles. The van der Waals surface area contributed by atoms with Gasteiger partial charge in [-0.2, -0.15) is 0 Å². The lowest BCUT2D eigenvalue weighted by Crippen LogP contribution is -2.27. The predicted octanol–water partition coefficient (Wildman–Crippen LogP) is 3.43. The zero-order chi connectivity index (χ0) is 18.4. The number of nitrogens with zero attached hydrogens (tertiary/aromatic N) is 3. The van der Waals surface area contributed by atoms with Gasteiger partial charge >= 0.3 is 0 Å². The summed E-state index contributed by atoms with van der Waals surface area (Å²) in [5.74, 6) is 0.448. The van der Waals surface area contributed by atoms with Crippen molar-refractivity contribution in [3.8, 4) is 0 Å². The van der Waals surface area contributed by atoms with Crippen LogP contribution in [0.1, 0.15) is 5.56 Å². The molecular formula is C20H23N3O2S. The average Bonchev–Trinajstić information content (AvgIpc) is 3.02. The molecule has 26 heavy (non-hydrogen) atoms. The minimum absolute atomic E-state index is 0.0872. The van der Waals surface area contributed by atoms with Gasteiger partial charge in [-0.05, 0) is 17.7 Å². The maximum atomic E-state index is 12.5. The van der Waals surface area contributed by atoms with Crippen molar-refractivity contribution in [2.24, 2.45) is 0 Å². The number of hydrogen-bond donors (Lipinski definition) is 0. The maximum absolute atomic E-state index is 12.5. The number of carbonyl (C=O) groups excluding carboxylic acids is 1. The smallest absolute Gasteiger partial charge is 0.233 e. The van der Waals surface area contributed by atoms with Crippen molar-refractivity contribution in [1.82, 2.24) is 14.5 Å². The molecule has 1 amide bonds. The number of fused-ring (bicyclic) bond motifs is 1. The number of imidazole rings is 1. The Morgan fingerprint density at radius 3 is 2.65 bits per heavy atom. The van der Waals surface area contributed by atoms with E-state index in [9.17, 15) is 4.79 Å². The van der Waals surface area contributed by atoms with Crippen LogP contribution in [0.3, 0.4) is 0 Å². The summed E-state index contributed by atoms with van der Waals surface area (Å²) < 4.78 is 7.34. The largest absolute Gasteiger partial charge is 0.383 e. The molecule has 3 aromatic rings. The first-order chi connectivity index (χ1) is 12.7. The first-order valence-corrected chi connectivity index (χ1v) is 9.52. The molecule has 0 fully saturated rings. The summed E-state index contributed by atoms with van der Waals surface area (Å²) in [6.07, 6.45) is 0. The van der Waals surface area contributed by atoms with Crippen LogP contribution in [0.4, 0.5) is 0 Å². The summed E-state index contributed by atoms with van der Waals surface area (Å²) in [7, 11) is 3.53. The van der Waals surface area contributed by atoms with Crippen molar-refractivity contribution < 1.29 is 9.53 Å². The molecule has 0 saturated carbocycles. The van der Waals surface area contributed by atoms with Gasteiger partial charge in [-0.3, -0.25) is 4.79 Å². The summed E-state index contributed by atoms with van der Waals surface area (Å²) in [6.45, 7) is 1.93.